The molecule has 0 amide bonds. The molecule has 0 unspecified atom stereocenters. The quantitative estimate of drug-likeness (QED) is 0.137. The molecule has 39 heavy (non-hydrogen) atoms. The number of unbranched alkanes of at least 4 members (excludes halogenated alkanes) is 4. The maximum atomic E-state index is 15.2. The van der Waals surface area contributed by atoms with Crippen molar-refractivity contribution in [2.45, 2.75) is 64.5 Å². The van der Waals surface area contributed by atoms with E-state index >= 15 is 4.39 Å². The highest BCUT2D eigenvalue weighted by molar-refractivity contribution is 5.88. The zero-order chi connectivity index (χ0) is 28.2. The van der Waals surface area contributed by atoms with Crippen molar-refractivity contribution in [1.29, 1.82) is 0 Å². The van der Waals surface area contributed by atoms with Gasteiger partial charge in [0.15, 0.2) is 0 Å². The van der Waals surface area contributed by atoms with Crippen molar-refractivity contribution in [3.05, 3.63) is 106 Å². The normalized spacial score (nSPS) is 11.9. The van der Waals surface area contributed by atoms with Gasteiger partial charge in [0.25, 0.3) is 0 Å². The molecule has 0 heterocycles. The second-order valence-electron chi connectivity index (χ2n) is 9.89. The molecule has 4 aromatic carbocycles. The van der Waals surface area contributed by atoms with E-state index in [2.05, 4.69) is 6.92 Å². The Bertz CT molecular complexity index is 1430. The molecule has 0 aliphatic heterocycles. The van der Waals surface area contributed by atoms with Crippen molar-refractivity contribution in [2.75, 3.05) is 0 Å². The maximum absolute atomic E-state index is 15.2. The molecule has 0 atom stereocenters. The molecule has 4 rings (SSSR count). The fourth-order valence-electron chi connectivity index (χ4n) is 4.90. The molecule has 0 fully saturated rings. The zero-order valence-corrected chi connectivity index (χ0v) is 21.6. The van der Waals surface area contributed by atoms with E-state index in [1.54, 1.807) is 36.4 Å². The van der Waals surface area contributed by atoms with Gasteiger partial charge in [-0.1, -0.05) is 69.0 Å². The Morgan fingerprint density at radius 1 is 0.615 bits per heavy atom. The van der Waals surface area contributed by atoms with E-state index in [1.807, 2.05) is 6.07 Å². The summed E-state index contributed by atoms with van der Waals surface area (Å²) in [4.78, 5) is 0. The molecule has 0 saturated carbocycles. The number of hydrogen-bond acceptors (Lipinski definition) is 0. The molecular weight excluding hydrogens is 517 g/mol. The van der Waals surface area contributed by atoms with Gasteiger partial charge in [-0.15, -0.1) is 0 Å². The fraction of sp³-hybridized carbons (Fsp3) is 0.312. The van der Waals surface area contributed by atoms with Crippen molar-refractivity contribution in [2.24, 2.45) is 0 Å². The van der Waals surface area contributed by atoms with Crippen LogP contribution in [0, 0.1) is 23.3 Å². The summed E-state index contributed by atoms with van der Waals surface area (Å²) in [5, 5.41) is 0.852. The summed E-state index contributed by atoms with van der Waals surface area (Å²) in [7, 11) is 0. The molecule has 0 aromatic heterocycles. The van der Waals surface area contributed by atoms with Gasteiger partial charge in [-0.25, -0.2) is 17.6 Å². The highest BCUT2D eigenvalue weighted by atomic mass is 19.4. The maximum Gasteiger partial charge on any atom is 0.422 e. The number of alkyl halides is 3. The van der Waals surface area contributed by atoms with Crippen LogP contribution in [0.3, 0.4) is 0 Å². The minimum absolute atomic E-state index is 0.00673. The van der Waals surface area contributed by atoms with Crippen molar-refractivity contribution < 1.29 is 30.7 Å². The van der Waals surface area contributed by atoms with Crippen molar-refractivity contribution in [3.8, 4) is 11.1 Å². The highest BCUT2D eigenvalue weighted by Gasteiger charge is 2.37. The van der Waals surface area contributed by atoms with E-state index in [0.29, 0.717) is 34.0 Å². The molecule has 4 aromatic rings. The number of hydrogen-bond donors (Lipinski definition) is 0. The van der Waals surface area contributed by atoms with Crippen molar-refractivity contribution in [1.82, 2.24) is 0 Å². The first-order valence-electron chi connectivity index (χ1n) is 13.1. The molecule has 206 valence electrons. The minimum atomic E-state index is -5.14. The summed E-state index contributed by atoms with van der Waals surface area (Å²) in [5.41, 5.74) is 0.280. The number of halogens is 7. The van der Waals surface area contributed by atoms with E-state index in [-0.39, 0.29) is 29.8 Å². The first-order chi connectivity index (χ1) is 18.6. The standard InChI is InChI=1S/C32H29F7/c1-2-3-4-5-6-7-20-9-14-25(27(33)16-20)23-13-15-26-24(19-23)12-11-22(31(26)36)10-8-21-17-28(34)30(29(35)18-21)32(37,38)39/h9,11-19H,2-8,10H2,1H3. The molecule has 0 nitrogen and oxygen atoms in total. The molecule has 0 bridgehead atoms. The number of aryl methyl sites for hydroxylation is 3. The largest absolute Gasteiger partial charge is 0.422 e. The van der Waals surface area contributed by atoms with Gasteiger partial charge in [0.1, 0.15) is 28.8 Å². The van der Waals surface area contributed by atoms with E-state index in [0.717, 1.165) is 24.8 Å². The van der Waals surface area contributed by atoms with Crippen LogP contribution in [-0.4, -0.2) is 0 Å². The summed E-state index contributed by atoms with van der Waals surface area (Å²) in [6.07, 6.45) is 1.34. The minimum Gasteiger partial charge on any atom is -0.206 e. The van der Waals surface area contributed by atoms with Gasteiger partial charge in [-0.2, -0.15) is 13.2 Å². The SMILES string of the molecule is CCCCCCCc1ccc(-c2ccc3c(F)c(CCc4cc(F)c(C(F)(F)F)c(F)c4)ccc3c2)c(F)c1. The Balaban J connectivity index is 1.49. The average molecular weight is 547 g/mol. The van der Waals surface area contributed by atoms with Crippen molar-refractivity contribution >= 4 is 10.8 Å². The average Bonchev–Trinajstić information content (AvgIpc) is 2.87. The van der Waals surface area contributed by atoms with E-state index in [4.69, 9.17) is 0 Å². The van der Waals surface area contributed by atoms with E-state index in [9.17, 15) is 26.3 Å². The van der Waals surface area contributed by atoms with E-state index in [1.165, 1.54) is 25.3 Å². The lowest BCUT2D eigenvalue weighted by molar-refractivity contribution is -0.142. The summed E-state index contributed by atoms with van der Waals surface area (Å²) >= 11 is 0. The molecule has 0 aliphatic rings. The highest BCUT2D eigenvalue weighted by Crippen LogP contribution is 2.34. The van der Waals surface area contributed by atoms with Crippen LogP contribution in [0.5, 0.6) is 0 Å². The first-order valence-corrected chi connectivity index (χ1v) is 13.1. The predicted octanol–water partition coefficient (Wildman–Crippen LogP) is 10.4. The Hall–Kier alpha value is -3.35. The monoisotopic (exact) mass is 546 g/mol. The summed E-state index contributed by atoms with van der Waals surface area (Å²) < 4.78 is 96.3. The second-order valence-corrected chi connectivity index (χ2v) is 9.89. The van der Waals surface area contributed by atoms with Crippen LogP contribution in [0.2, 0.25) is 0 Å². The number of rotatable bonds is 10. The third kappa shape index (κ3) is 6.81. The topological polar surface area (TPSA) is 0 Å². The molecular formula is C32H29F7. The van der Waals surface area contributed by atoms with Crippen LogP contribution < -0.4 is 0 Å². The second kappa shape index (κ2) is 12.2. The van der Waals surface area contributed by atoms with Crippen LogP contribution in [0.25, 0.3) is 21.9 Å². The molecule has 0 radical (unpaired) electrons. The third-order valence-corrected chi connectivity index (χ3v) is 7.02. The van der Waals surface area contributed by atoms with Gasteiger partial charge in [-0.05, 0) is 77.6 Å². The van der Waals surface area contributed by atoms with Crippen LogP contribution >= 0.6 is 0 Å². The van der Waals surface area contributed by atoms with Crippen LogP contribution in [0.15, 0.2) is 60.7 Å². The van der Waals surface area contributed by atoms with Gasteiger partial charge in [0.05, 0.1) is 0 Å². The van der Waals surface area contributed by atoms with Gasteiger partial charge in [-0.3, -0.25) is 0 Å². The Morgan fingerprint density at radius 2 is 1.31 bits per heavy atom. The lowest BCUT2D eigenvalue weighted by Gasteiger charge is -2.12. The smallest absolute Gasteiger partial charge is 0.206 e. The molecule has 0 N–H and O–H groups in total. The Kier molecular flexibility index (Phi) is 8.98. The Labute approximate surface area is 223 Å². The lowest BCUT2D eigenvalue weighted by Crippen LogP contribution is -2.12. The molecule has 0 saturated heterocycles. The molecule has 0 aliphatic carbocycles. The van der Waals surface area contributed by atoms with Crippen LogP contribution in [0.1, 0.15) is 61.3 Å². The summed E-state index contributed by atoms with van der Waals surface area (Å²) in [5.74, 6) is -4.27. The number of fused-ring (bicyclic) bond motifs is 1. The van der Waals surface area contributed by atoms with E-state index < -0.39 is 29.2 Å². The fourth-order valence-corrected chi connectivity index (χ4v) is 4.90. The lowest BCUT2D eigenvalue weighted by atomic mass is 9.95. The number of benzene rings is 4. The van der Waals surface area contributed by atoms with Crippen LogP contribution in [-0.2, 0) is 25.4 Å². The predicted molar refractivity (Wildman–Crippen MR) is 141 cm³/mol. The van der Waals surface area contributed by atoms with Crippen LogP contribution in [0.4, 0.5) is 30.7 Å². The third-order valence-electron chi connectivity index (χ3n) is 7.02. The molecule has 0 spiro atoms. The van der Waals surface area contributed by atoms with Crippen molar-refractivity contribution in [3.63, 3.8) is 0 Å². The van der Waals surface area contributed by atoms with Gasteiger partial charge in [0, 0.05) is 10.9 Å². The Morgan fingerprint density at radius 3 is 1.97 bits per heavy atom. The van der Waals surface area contributed by atoms with Gasteiger partial charge < -0.3 is 0 Å². The first kappa shape index (κ1) is 28.7. The van der Waals surface area contributed by atoms with Gasteiger partial charge in [0.2, 0.25) is 0 Å². The van der Waals surface area contributed by atoms with Gasteiger partial charge >= 0.3 is 6.18 Å². The summed E-state index contributed by atoms with van der Waals surface area (Å²) in [6, 6.07) is 14.6. The zero-order valence-electron chi connectivity index (χ0n) is 21.6. The summed E-state index contributed by atoms with van der Waals surface area (Å²) in [6.45, 7) is 2.16. The molecule has 7 heteroatoms.